The lowest BCUT2D eigenvalue weighted by atomic mass is 10.2. The maximum absolute atomic E-state index is 11.2. The minimum absolute atomic E-state index is 0.0367. The number of unbranched alkanes of at least 4 members (excludes halogenated alkanes) is 1. The molecule has 0 saturated heterocycles. The van der Waals surface area contributed by atoms with E-state index in [4.69, 9.17) is 19.7 Å². The molecule has 0 radical (unpaired) electrons. The summed E-state index contributed by atoms with van der Waals surface area (Å²) in [7, 11) is 0. The van der Waals surface area contributed by atoms with Gasteiger partial charge in [0.2, 0.25) is 0 Å². The van der Waals surface area contributed by atoms with Crippen LogP contribution in [-0.4, -0.2) is 48.6 Å². The highest BCUT2D eigenvalue weighted by molar-refractivity contribution is 5.70. The van der Waals surface area contributed by atoms with Crippen LogP contribution in [0.1, 0.15) is 25.7 Å². The Morgan fingerprint density at radius 3 is 1.50 bits per heavy atom. The fourth-order valence-corrected chi connectivity index (χ4v) is 1.13. The number of ether oxygens (including phenoxy) is 2. The number of carbonyl (C=O) groups excluding carboxylic acids is 2. The summed E-state index contributed by atoms with van der Waals surface area (Å²) in [5.41, 5.74) is 0. The van der Waals surface area contributed by atoms with E-state index in [0.29, 0.717) is 12.8 Å². The van der Waals surface area contributed by atoms with Crippen molar-refractivity contribution >= 4 is 11.9 Å². The zero-order valence-corrected chi connectivity index (χ0v) is 11.2. The summed E-state index contributed by atoms with van der Waals surface area (Å²) in [6.07, 6.45) is 1.45. The van der Waals surface area contributed by atoms with Gasteiger partial charge in [0, 0.05) is 12.8 Å². The molecule has 0 aromatic carbocycles. The zero-order valence-electron chi connectivity index (χ0n) is 11.2. The molecule has 0 unspecified atom stereocenters. The van der Waals surface area contributed by atoms with Gasteiger partial charge in [-0.3, -0.25) is 9.59 Å². The molecule has 0 saturated carbocycles. The molecule has 6 heteroatoms. The predicted octanol–water partition coefficient (Wildman–Crippen LogP) is -0.375. The summed E-state index contributed by atoms with van der Waals surface area (Å²) in [4.78, 5) is 22.4. The van der Waals surface area contributed by atoms with Crippen LogP contribution in [-0.2, 0) is 19.1 Å². The fourth-order valence-electron chi connectivity index (χ4n) is 1.13. The normalized spacial score (nSPS) is 8.70. The van der Waals surface area contributed by atoms with Crippen molar-refractivity contribution in [3.63, 3.8) is 0 Å². The molecular weight excluding hydrogens is 264 g/mol. The molecule has 0 aromatic heterocycles. The molecule has 0 aromatic rings. The van der Waals surface area contributed by atoms with Crippen LogP contribution in [0.25, 0.3) is 0 Å². The fraction of sp³-hybridized carbons (Fsp3) is 0.571. The number of hydrogen-bond donors (Lipinski definition) is 2. The molecule has 0 bridgehead atoms. The molecule has 110 valence electrons. The van der Waals surface area contributed by atoms with Crippen LogP contribution in [0.3, 0.4) is 0 Å². The molecule has 0 spiro atoms. The number of aliphatic hydroxyl groups is 2. The summed E-state index contributed by atoms with van der Waals surface area (Å²) < 4.78 is 9.52. The van der Waals surface area contributed by atoms with E-state index < -0.39 is 0 Å². The first-order chi connectivity index (χ1) is 9.70. The van der Waals surface area contributed by atoms with Crippen molar-refractivity contribution in [3.05, 3.63) is 0 Å². The Kier molecular flexibility index (Phi) is 12.1. The third kappa shape index (κ3) is 12.4. The van der Waals surface area contributed by atoms with Crippen LogP contribution in [0.2, 0.25) is 0 Å². The van der Waals surface area contributed by atoms with E-state index >= 15 is 0 Å². The Morgan fingerprint density at radius 2 is 1.15 bits per heavy atom. The molecule has 0 heterocycles. The minimum Gasteiger partial charge on any atom is -0.452 e. The van der Waals surface area contributed by atoms with Gasteiger partial charge in [0.1, 0.15) is 13.2 Å². The van der Waals surface area contributed by atoms with Crippen molar-refractivity contribution in [2.75, 3.05) is 26.4 Å². The third-order valence-electron chi connectivity index (χ3n) is 2.03. The van der Waals surface area contributed by atoms with Gasteiger partial charge in [-0.05, 0) is 12.8 Å². The lowest BCUT2D eigenvalue weighted by Crippen LogP contribution is -2.07. The van der Waals surface area contributed by atoms with Gasteiger partial charge in [-0.15, -0.1) is 0 Å². The van der Waals surface area contributed by atoms with Crippen LogP contribution < -0.4 is 0 Å². The molecule has 20 heavy (non-hydrogen) atoms. The average molecular weight is 282 g/mol. The highest BCUT2D eigenvalue weighted by Crippen LogP contribution is 2.02. The quantitative estimate of drug-likeness (QED) is 0.376. The van der Waals surface area contributed by atoms with Gasteiger partial charge in [-0.25, -0.2) is 0 Å². The van der Waals surface area contributed by atoms with Gasteiger partial charge in [-0.2, -0.15) is 0 Å². The van der Waals surface area contributed by atoms with E-state index in [1.54, 1.807) is 0 Å². The summed E-state index contributed by atoms with van der Waals surface area (Å²) >= 11 is 0. The largest absolute Gasteiger partial charge is 0.452 e. The summed E-state index contributed by atoms with van der Waals surface area (Å²) in [5.74, 6) is 8.85. The smallest absolute Gasteiger partial charge is 0.306 e. The maximum atomic E-state index is 11.2. The third-order valence-corrected chi connectivity index (χ3v) is 2.03. The van der Waals surface area contributed by atoms with Crippen molar-refractivity contribution in [2.24, 2.45) is 0 Å². The van der Waals surface area contributed by atoms with Gasteiger partial charge in [-0.1, -0.05) is 23.7 Å². The second kappa shape index (κ2) is 13.4. The number of rotatable bonds is 7. The molecule has 0 atom stereocenters. The molecule has 0 aliphatic carbocycles. The Hall–Kier alpha value is -2.02. The van der Waals surface area contributed by atoms with E-state index in [2.05, 4.69) is 23.7 Å². The second-order valence-electron chi connectivity index (χ2n) is 3.55. The second-order valence-corrected chi connectivity index (χ2v) is 3.55. The monoisotopic (exact) mass is 282 g/mol. The summed E-state index contributed by atoms with van der Waals surface area (Å²) in [5, 5.41) is 16.7. The first kappa shape index (κ1) is 18.0. The van der Waals surface area contributed by atoms with Gasteiger partial charge in [0.25, 0.3) is 0 Å². The molecule has 0 aliphatic rings. The van der Waals surface area contributed by atoms with E-state index in [9.17, 15) is 9.59 Å². The number of hydrogen-bond acceptors (Lipinski definition) is 6. The van der Waals surface area contributed by atoms with E-state index in [1.165, 1.54) is 0 Å². The number of aliphatic hydroxyl groups excluding tert-OH is 2. The molecule has 0 amide bonds. The van der Waals surface area contributed by atoms with Crippen LogP contribution >= 0.6 is 0 Å². The lowest BCUT2D eigenvalue weighted by molar-refractivity contribution is -0.144. The van der Waals surface area contributed by atoms with E-state index in [0.717, 1.165) is 0 Å². The minimum atomic E-state index is -0.389. The Balaban J connectivity index is 3.50. The predicted molar refractivity (Wildman–Crippen MR) is 70.1 cm³/mol. The highest BCUT2D eigenvalue weighted by Gasteiger charge is 2.05. The standard InChI is InChI=1S/C14H18O6/c15-9-3-5-11-19-13(17)7-1-2-8-14(18)20-12-6-4-10-16/h15-16H,1-2,7-12H2. The zero-order chi connectivity index (χ0) is 15.1. The van der Waals surface area contributed by atoms with E-state index in [1.807, 2.05) is 0 Å². The lowest BCUT2D eigenvalue weighted by Gasteiger charge is -2.02. The topological polar surface area (TPSA) is 93.1 Å². The van der Waals surface area contributed by atoms with Crippen LogP contribution in [0, 0.1) is 23.7 Å². The van der Waals surface area contributed by atoms with Crippen molar-refractivity contribution in [1.82, 2.24) is 0 Å². The molecule has 0 fully saturated rings. The molecule has 0 aliphatic heterocycles. The van der Waals surface area contributed by atoms with Crippen LogP contribution in [0.4, 0.5) is 0 Å². The highest BCUT2D eigenvalue weighted by atomic mass is 16.5. The van der Waals surface area contributed by atoms with Crippen molar-refractivity contribution < 1.29 is 29.3 Å². The van der Waals surface area contributed by atoms with Crippen molar-refractivity contribution in [3.8, 4) is 23.7 Å². The molecule has 2 N–H and O–H groups in total. The summed E-state index contributed by atoms with van der Waals surface area (Å²) in [6.45, 7) is -0.597. The SMILES string of the molecule is O=C(CCCCC(=O)OCC#CCO)OCC#CCO. The van der Waals surface area contributed by atoms with Crippen LogP contribution in [0.5, 0.6) is 0 Å². The maximum Gasteiger partial charge on any atom is 0.306 e. The Bertz CT molecular complexity index is 367. The first-order valence-electron chi connectivity index (χ1n) is 6.15. The Morgan fingerprint density at radius 1 is 0.750 bits per heavy atom. The molecular formula is C14H18O6. The molecule has 0 rings (SSSR count). The first-order valence-corrected chi connectivity index (χ1v) is 6.15. The Labute approximate surface area is 118 Å². The summed E-state index contributed by atoms with van der Waals surface area (Å²) in [6, 6.07) is 0. The van der Waals surface area contributed by atoms with Gasteiger partial charge in [0.05, 0.1) is 0 Å². The van der Waals surface area contributed by atoms with E-state index in [-0.39, 0.29) is 51.2 Å². The number of esters is 2. The van der Waals surface area contributed by atoms with Crippen LogP contribution in [0.15, 0.2) is 0 Å². The van der Waals surface area contributed by atoms with Crippen molar-refractivity contribution in [1.29, 1.82) is 0 Å². The van der Waals surface area contributed by atoms with Gasteiger partial charge < -0.3 is 19.7 Å². The van der Waals surface area contributed by atoms with Gasteiger partial charge >= 0.3 is 11.9 Å². The van der Waals surface area contributed by atoms with Gasteiger partial charge in [0.15, 0.2) is 13.2 Å². The van der Waals surface area contributed by atoms with Crippen molar-refractivity contribution in [2.45, 2.75) is 25.7 Å². The average Bonchev–Trinajstić information content (AvgIpc) is 2.44. The number of carbonyl (C=O) groups is 2. The molecule has 6 nitrogen and oxygen atoms in total.